The number of thiophene rings is 1. The van der Waals surface area contributed by atoms with Crippen molar-refractivity contribution in [1.82, 2.24) is 5.32 Å². The molecule has 4 N–H and O–H groups in total. The summed E-state index contributed by atoms with van der Waals surface area (Å²) in [7, 11) is 0. The number of para-hydroxylation sites is 1. The summed E-state index contributed by atoms with van der Waals surface area (Å²) in [5.41, 5.74) is 6.02. The third-order valence-corrected chi connectivity index (χ3v) is 5.29. The van der Waals surface area contributed by atoms with E-state index in [-0.39, 0.29) is 10.7 Å². The molecule has 0 aliphatic heterocycles. The third kappa shape index (κ3) is 3.63. The van der Waals surface area contributed by atoms with Crippen LogP contribution in [0.4, 0.5) is 5.69 Å². The van der Waals surface area contributed by atoms with Crippen LogP contribution < -0.4 is 16.4 Å². The summed E-state index contributed by atoms with van der Waals surface area (Å²) in [6, 6.07) is 14.1. The van der Waals surface area contributed by atoms with E-state index >= 15 is 0 Å². The minimum atomic E-state index is -0.593. The number of anilines is 1. The second-order valence-electron chi connectivity index (χ2n) is 5.06. The Balaban J connectivity index is 1.78. The van der Waals surface area contributed by atoms with Gasteiger partial charge < -0.3 is 11.1 Å². The number of amides is 2. The van der Waals surface area contributed by atoms with Crippen LogP contribution in [0.1, 0.15) is 20.0 Å². The Morgan fingerprint density at radius 1 is 1.08 bits per heavy atom. The zero-order chi connectivity index (χ0) is 18.0. The molecule has 0 saturated carbocycles. The largest absolute Gasteiger partial charge is 0.366 e. The maximum atomic E-state index is 12.5. The van der Waals surface area contributed by atoms with E-state index in [0.29, 0.717) is 15.6 Å². The highest BCUT2D eigenvalue weighted by Gasteiger charge is 2.18. The van der Waals surface area contributed by atoms with Crippen LogP contribution >= 0.6 is 35.2 Å². The first-order valence-electron chi connectivity index (χ1n) is 7.15. The lowest BCUT2D eigenvalue weighted by molar-refractivity contribution is 0.0979. The highest BCUT2D eigenvalue weighted by molar-refractivity contribution is 7.80. The average molecular weight is 390 g/mol. The number of benzene rings is 2. The van der Waals surface area contributed by atoms with E-state index < -0.39 is 11.8 Å². The van der Waals surface area contributed by atoms with Gasteiger partial charge in [-0.3, -0.25) is 14.9 Å². The van der Waals surface area contributed by atoms with Crippen LogP contribution in [0.25, 0.3) is 10.1 Å². The molecule has 0 fully saturated rings. The molecule has 3 aromatic rings. The van der Waals surface area contributed by atoms with Gasteiger partial charge in [-0.05, 0) is 30.4 Å². The smallest absolute Gasteiger partial charge is 0.269 e. The molecule has 1 aromatic heterocycles. The fourth-order valence-electron chi connectivity index (χ4n) is 2.28. The molecule has 1 heterocycles. The van der Waals surface area contributed by atoms with Gasteiger partial charge in [0.15, 0.2) is 5.11 Å². The van der Waals surface area contributed by atoms with E-state index in [1.54, 1.807) is 24.3 Å². The molecule has 3 rings (SSSR count). The topological polar surface area (TPSA) is 84.2 Å². The van der Waals surface area contributed by atoms with Gasteiger partial charge >= 0.3 is 0 Å². The second kappa shape index (κ2) is 7.18. The number of hydrogen-bond donors (Lipinski definition) is 3. The Labute approximate surface area is 157 Å². The Morgan fingerprint density at radius 3 is 2.48 bits per heavy atom. The van der Waals surface area contributed by atoms with Crippen LogP contribution in [0, 0.1) is 0 Å². The zero-order valence-electron chi connectivity index (χ0n) is 12.7. The molecule has 0 radical (unpaired) electrons. The van der Waals surface area contributed by atoms with Gasteiger partial charge in [-0.2, -0.15) is 0 Å². The molecule has 2 aromatic carbocycles. The Kier molecular flexibility index (Phi) is 4.98. The molecule has 0 unspecified atom stereocenters. The number of nitrogens with two attached hydrogens (primary N) is 1. The van der Waals surface area contributed by atoms with E-state index in [9.17, 15) is 9.59 Å². The monoisotopic (exact) mass is 389 g/mol. The summed E-state index contributed by atoms with van der Waals surface area (Å²) in [4.78, 5) is 24.2. The van der Waals surface area contributed by atoms with Crippen molar-refractivity contribution in [3.05, 3.63) is 64.0 Å². The fourth-order valence-corrected chi connectivity index (χ4v) is 3.90. The maximum Gasteiger partial charge on any atom is 0.269 e. The average Bonchev–Trinajstić information content (AvgIpc) is 2.92. The highest BCUT2D eigenvalue weighted by Crippen LogP contribution is 2.34. The second-order valence-corrected chi connectivity index (χ2v) is 6.90. The van der Waals surface area contributed by atoms with Gasteiger partial charge in [0.05, 0.1) is 16.3 Å². The fraction of sp³-hybridized carbons (Fsp3) is 0. The van der Waals surface area contributed by atoms with Crippen LogP contribution in [0.2, 0.25) is 5.02 Å². The number of fused-ring (bicyclic) bond motifs is 1. The van der Waals surface area contributed by atoms with Gasteiger partial charge in [0.25, 0.3) is 11.8 Å². The van der Waals surface area contributed by atoms with Gasteiger partial charge in [-0.15, -0.1) is 11.3 Å². The van der Waals surface area contributed by atoms with Crippen molar-refractivity contribution in [3.8, 4) is 0 Å². The third-order valence-electron chi connectivity index (χ3n) is 3.41. The number of hydrogen-bond acceptors (Lipinski definition) is 4. The van der Waals surface area contributed by atoms with E-state index in [4.69, 9.17) is 29.6 Å². The van der Waals surface area contributed by atoms with Crippen molar-refractivity contribution in [2.75, 3.05) is 5.32 Å². The maximum absolute atomic E-state index is 12.5. The van der Waals surface area contributed by atoms with Gasteiger partial charge in [0.2, 0.25) is 0 Å². The van der Waals surface area contributed by atoms with E-state index in [0.717, 1.165) is 10.1 Å². The number of nitrogens with one attached hydrogen (secondary N) is 2. The molecule has 0 atom stereocenters. The van der Waals surface area contributed by atoms with Crippen molar-refractivity contribution < 1.29 is 9.59 Å². The number of carbonyl (C=O) groups excluding carboxylic acids is 2. The number of rotatable bonds is 3. The first kappa shape index (κ1) is 17.3. The van der Waals surface area contributed by atoms with Crippen LogP contribution in [-0.4, -0.2) is 16.9 Å². The van der Waals surface area contributed by atoms with Crippen LogP contribution in [0.5, 0.6) is 0 Å². The molecule has 0 bridgehead atoms. The molecular formula is C17H12ClN3O2S2. The Morgan fingerprint density at radius 2 is 1.76 bits per heavy atom. The van der Waals surface area contributed by atoms with Crippen molar-refractivity contribution in [2.45, 2.75) is 0 Å². The lowest BCUT2D eigenvalue weighted by Gasteiger charge is -2.11. The summed E-state index contributed by atoms with van der Waals surface area (Å²) in [6.45, 7) is 0. The molecule has 8 heteroatoms. The quantitative estimate of drug-likeness (QED) is 0.595. The number of carbonyl (C=O) groups is 2. The van der Waals surface area contributed by atoms with Crippen molar-refractivity contribution in [3.63, 3.8) is 0 Å². The number of primary amides is 1. The first-order chi connectivity index (χ1) is 12.0. The van der Waals surface area contributed by atoms with E-state index in [1.165, 1.54) is 11.3 Å². The van der Waals surface area contributed by atoms with E-state index in [1.807, 2.05) is 24.3 Å². The highest BCUT2D eigenvalue weighted by atomic mass is 35.5. The van der Waals surface area contributed by atoms with Gasteiger partial charge in [-0.1, -0.05) is 41.9 Å². The molecule has 0 spiro atoms. The molecule has 25 heavy (non-hydrogen) atoms. The summed E-state index contributed by atoms with van der Waals surface area (Å²) in [5.74, 6) is -1.01. The molecule has 0 aliphatic carbocycles. The van der Waals surface area contributed by atoms with Crippen LogP contribution in [0.15, 0.2) is 48.5 Å². The summed E-state index contributed by atoms with van der Waals surface area (Å²) >= 11 is 12.7. The Hall–Kier alpha value is -2.48. The van der Waals surface area contributed by atoms with Crippen molar-refractivity contribution in [1.29, 1.82) is 0 Å². The van der Waals surface area contributed by atoms with Crippen LogP contribution in [0.3, 0.4) is 0 Å². The van der Waals surface area contributed by atoms with Crippen molar-refractivity contribution in [2.24, 2.45) is 5.73 Å². The summed E-state index contributed by atoms with van der Waals surface area (Å²) < 4.78 is 0.913. The van der Waals surface area contributed by atoms with Gasteiger partial charge in [0, 0.05) is 10.1 Å². The molecule has 5 nitrogen and oxygen atoms in total. The predicted octanol–water partition coefficient (Wildman–Crippen LogP) is 3.78. The SMILES string of the molecule is NC(=O)c1ccccc1NC(=S)NC(=O)c1sc2ccccc2c1Cl. The zero-order valence-corrected chi connectivity index (χ0v) is 15.1. The minimum absolute atomic E-state index is 0.0484. The number of thiocarbonyl (C=S) groups is 1. The number of halogens is 1. The first-order valence-corrected chi connectivity index (χ1v) is 8.76. The molecule has 2 amide bonds. The van der Waals surface area contributed by atoms with Gasteiger partial charge in [0.1, 0.15) is 4.88 Å². The standard InChI is InChI=1S/C17H12ClN3O2S2/c18-13-10-6-2-4-8-12(10)25-14(13)16(23)21-17(24)20-11-7-3-1-5-9(11)15(19)22/h1-8H,(H2,19,22)(H2,20,21,23,24). The lowest BCUT2D eigenvalue weighted by atomic mass is 10.1. The molecule has 0 saturated heterocycles. The summed E-state index contributed by atoms with van der Waals surface area (Å²) in [5, 5.41) is 6.63. The Bertz CT molecular complexity index is 1000. The van der Waals surface area contributed by atoms with Gasteiger partial charge in [-0.25, -0.2) is 0 Å². The minimum Gasteiger partial charge on any atom is -0.366 e. The van der Waals surface area contributed by atoms with E-state index in [2.05, 4.69) is 10.6 Å². The molecule has 0 aliphatic rings. The molecule has 126 valence electrons. The summed E-state index contributed by atoms with van der Waals surface area (Å²) in [6.07, 6.45) is 0. The normalized spacial score (nSPS) is 10.4. The van der Waals surface area contributed by atoms with Crippen LogP contribution in [-0.2, 0) is 0 Å². The predicted molar refractivity (Wildman–Crippen MR) is 105 cm³/mol. The van der Waals surface area contributed by atoms with Crippen molar-refractivity contribution >= 4 is 67.9 Å². The lowest BCUT2D eigenvalue weighted by Crippen LogP contribution is -2.34. The molecular weight excluding hydrogens is 378 g/mol.